The highest BCUT2D eigenvalue weighted by Gasteiger charge is 2.22. The second-order valence-electron chi connectivity index (χ2n) is 4.82. The summed E-state index contributed by atoms with van der Waals surface area (Å²) in [6.45, 7) is 0.482. The number of hydrogen-bond donors (Lipinski definition) is 0. The van der Waals surface area contributed by atoms with E-state index in [1.165, 1.54) is 19.1 Å². The average molecular weight is 290 g/mol. The molecule has 0 unspecified atom stereocenters. The van der Waals surface area contributed by atoms with E-state index in [1.54, 1.807) is 37.3 Å². The molecule has 0 fully saturated rings. The minimum absolute atomic E-state index is 0.0674. The number of nitrogens with zero attached hydrogens (tertiary/aromatic N) is 2. The summed E-state index contributed by atoms with van der Waals surface area (Å²) in [6.07, 6.45) is 2.48. The number of benzene rings is 1. The van der Waals surface area contributed by atoms with Gasteiger partial charge in [-0.3, -0.25) is 4.79 Å². The molecule has 1 aliphatic heterocycles. The second kappa shape index (κ2) is 5.87. The zero-order chi connectivity index (χ0) is 15.6. The molecule has 6 heteroatoms. The van der Waals surface area contributed by atoms with Crippen molar-refractivity contribution in [1.82, 2.24) is 9.80 Å². The normalized spacial score (nSPS) is 14.9. The summed E-state index contributed by atoms with van der Waals surface area (Å²) in [6, 6.07) is 3.48. The van der Waals surface area contributed by atoms with Gasteiger partial charge in [-0.15, -0.1) is 0 Å². The summed E-state index contributed by atoms with van der Waals surface area (Å²) in [5.74, 6) is 0.893. The fraction of sp³-hybridized carbons (Fsp3) is 0.333. The van der Waals surface area contributed by atoms with E-state index in [2.05, 4.69) is 0 Å². The van der Waals surface area contributed by atoms with Gasteiger partial charge in [-0.05, 0) is 23.3 Å². The van der Waals surface area contributed by atoms with Gasteiger partial charge in [0.25, 0.3) is 0 Å². The first-order valence-corrected chi connectivity index (χ1v) is 6.42. The molecule has 0 radical (unpaired) electrons. The maximum absolute atomic E-state index is 11.8. The van der Waals surface area contributed by atoms with Crippen molar-refractivity contribution in [3.63, 3.8) is 0 Å². The zero-order valence-corrected chi connectivity index (χ0v) is 12.5. The molecule has 21 heavy (non-hydrogen) atoms. The Morgan fingerprint density at radius 3 is 2.14 bits per heavy atom. The Hall–Kier alpha value is -2.50. The molecule has 112 valence electrons. The van der Waals surface area contributed by atoms with Crippen molar-refractivity contribution < 1.29 is 19.1 Å². The third-order valence-electron chi connectivity index (χ3n) is 3.42. The Labute approximate surface area is 123 Å². The summed E-state index contributed by atoms with van der Waals surface area (Å²) in [7, 11) is 6.44. The Balaban J connectivity index is 2.52. The van der Waals surface area contributed by atoms with E-state index in [-0.39, 0.29) is 6.03 Å². The molecular formula is C15H18N2O4. The number of ether oxygens (including phenoxy) is 2. The molecular weight excluding hydrogens is 272 g/mol. The monoisotopic (exact) mass is 290 g/mol. The minimum atomic E-state index is -0.0674. The molecule has 1 aromatic rings. The number of likely N-dealkylation sites (N-methyl/N-ethyl adjacent to an activating group) is 1. The Morgan fingerprint density at radius 1 is 1.14 bits per heavy atom. The van der Waals surface area contributed by atoms with Gasteiger partial charge in [0.05, 0.1) is 19.8 Å². The van der Waals surface area contributed by atoms with E-state index in [1.807, 2.05) is 0 Å². The van der Waals surface area contributed by atoms with Gasteiger partial charge in [0.1, 0.15) is 11.5 Å². The van der Waals surface area contributed by atoms with Crippen LogP contribution in [0.1, 0.15) is 15.9 Å². The van der Waals surface area contributed by atoms with Gasteiger partial charge in [0, 0.05) is 26.8 Å². The van der Waals surface area contributed by atoms with Crippen LogP contribution in [0.15, 0.2) is 18.3 Å². The lowest BCUT2D eigenvalue weighted by atomic mass is 10.0. The first-order valence-electron chi connectivity index (χ1n) is 6.42. The maximum atomic E-state index is 11.8. The van der Waals surface area contributed by atoms with Gasteiger partial charge < -0.3 is 19.3 Å². The Bertz CT molecular complexity index is 585. The Morgan fingerprint density at radius 2 is 1.71 bits per heavy atom. The van der Waals surface area contributed by atoms with E-state index in [0.717, 1.165) is 11.1 Å². The number of aldehydes is 1. The van der Waals surface area contributed by atoms with E-state index in [0.29, 0.717) is 29.9 Å². The van der Waals surface area contributed by atoms with Gasteiger partial charge >= 0.3 is 6.03 Å². The number of amides is 2. The predicted octanol–water partition coefficient (Wildman–Crippen LogP) is 1.85. The highest BCUT2D eigenvalue weighted by molar-refractivity contribution is 5.88. The van der Waals surface area contributed by atoms with Gasteiger partial charge in [-0.25, -0.2) is 4.79 Å². The number of urea groups is 1. The second-order valence-corrected chi connectivity index (χ2v) is 4.82. The first kappa shape index (κ1) is 14.9. The van der Waals surface area contributed by atoms with Gasteiger partial charge in [-0.2, -0.15) is 0 Å². The van der Waals surface area contributed by atoms with Crippen molar-refractivity contribution in [3.05, 3.63) is 29.5 Å². The van der Waals surface area contributed by atoms with Gasteiger partial charge in [0.15, 0.2) is 6.29 Å². The van der Waals surface area contributed by atoms with E-state index < -0.39 is 0 Å². The van der Waals surface area contributed by atoms with E-state index in [9.17, 15) is 9.59 Å². The molecule has 6 nitrogen and oxygen atoms in total. The predicted molar refractivity (Wildman–Crippen MR) is 78.7 cm³/mol. The van der Waals surface area contributed by atoms with Crippen molar-refractivity contribution >= 4 is 17.9 Å². The summed E-state index contributed by atoms with van der Waals surface area (Å²) >= 11 is 0. The van der Waals surface area contributed by atoms with Crippen molar-refractivity contribution in [2.45, 2.75) is 0 Å². The molecule has 0 aliphatic carbocycles. The lowest BCUT2D eigenvalue weighted by Crippen LogP contribution is -2.40. The average Bonchev–Trinajstić information content (AvgIpc) is 2.50. The largest absolute Gasteiger partial charge is 0.496 e. The molecule has 0 N–H and O–H groups in total. The molecule has 0 spiro atoms. The van der Waals surface area contributed by atoms with Crippen molar-refractivity contribution in [3.8, 4) is 11.5 Å². The van der Waals surface area contributed by atoms with Crippen LogP contribution in [0.25, 0.3) is 5.57 Å². The topological polar surface area (TPSA) is 59.1 Å². The Kier molecular flexibility index (Phi) is 4.16. The van der Waals surface area contributed by atoms with E-state index >= 15 is 0 Å². The lowest BCUT2D eigenvalue weighted by Gasteiger charge is -2.30. The quantitative estimate of drug-likeness (QED) is 0.794. The summed E-state index contributed by atoms with van der Waals surface area (Å²) < 4.78 is 10.5. The lowest BCUT2D eigenvalue weighted by molar-refractivity contribution is 0.111. The summed E-state index contributed by atoms with van der Waals surface area (Å²) in [5, 5.41) is 0. The molecule has 0 saturated heterocycles. The number of carbonyl (C=O) groups is 2. The van der Waals surface area contributed by atoms with Crippen LogP contribution in [0.4, 0.5) is 4.79 Å². The number of carbonyl (C=O) groups excluding carboxylic acids is 2. The number of hydrogen-bond acceptors (Lipinski definition) is 4. The van der Waals surface area contributed by atoms with Gasteiger partial charge in [0.2, 0.25) is 0 Å². The van der Waals surface area contributed by atoms with Gasteiger partial charge in [-0.1, -0.05) is 0 Å². The smallest absolute Gasteiger partial charge is 0.323 e. The molecule has 2 rings (SSSR count). The van der Waals surface area contributed by atoms with Crippen LogP contribution >= 0.6 is 0 Å². The van der Waals surface area contributed by atoms with Crippen LogP contribution in [0, 0.1) is 0 Å². The van der Waals surface area contributed by atoms with Crippen LogP contribution in [0.5, 0.6) is 11.5 Å². The van der Waals surface area contributed by atoms with Crippen LogP contribution in [0.2, 0.25) is 0 Å². The molecule has 1 heterocycles. The standard InChI is InChI=1S/C15H18N2O4/c1-16-7-11(8-17(2)15(16)19)10-5-13(20-3)12(9-18)14(6-10)21-4/h5-7,9H,8H2,1-4H3. The third kappa shape index (κ3) is 2.69. The van der Waals surface area contributed by atoms with Crippen LogP contribution in [-0.2, 0) is 0 Å². The fourth-order valence-corrected chi connectivity index (χ4v) is 2.33. The summed E-state index contributed by atoms with van der Waals surface area (Å²) in [5.41, 5.74) is 2.16. The molecule has 1 aliphatic rings. The maximum Gasteiger partial charge on any atom is 0.323 e. The van der Waals surface area contributed by atoms with Crippen molar-refractivity contribution in [2.24, 2.45) is 0 Å². The first-order chi connectivity index (χ1) is 10.0. The van der Waals surface area contributed by atoms with Crippen molar-refractivity contribution in [1.29, 1.82) is 0 Å². The molecule has 1 aromatic carbocycles. The SMILES string of the molecule is COc1cc(C2=CN(C)C(=O)N(C)C2)cc(OC)c1C=O. The minimum Gasteiger partial charge on any atom is -0.496 e. The highest BCUT2D eigenvalue weighted by Crippen LogP contribution is 2.33. The van der Waals surface area contributed by atoms with Crippen molar-refractivity contribution in [2.75, 3.05) is 34.9 Å². The molecule has 0 atom stereocenters. The molecule has 2 amide bonds. The zero-order valence-electron chi connectivity index (χ0n) is 12.5. The molecule has 0 aromatic heterocycles. The van der Waals surface area contributed by atoms with Crippen LogP contribution in [-0.4, -0.2) is 57.0 Å². The third-order valence-corrected chi connectivity index (χ3v) is 3.42. The number of methoxy groups -OCH3 is 2. The fourth-order valence-electron chi connectivity index (χ4n) is 2.33. The molecule has 0 bridgehead atoms. The highest BCUT2D eigenvalue weighted by atomic mass is 16.5. The molecule has 0 saturated carbocycles. The van der Waals surface area contributed by atoms with Crippen LogP contribution in [0.3, 0.4) is 0 Å². The van der Waals surface area contributed by atoms with E-state index in [4.69, 9.17) is 9.47 Å². The van der Waals surface area contributed by atoms with Crippen LogP contribution < -0.4 is 9.47 Å². The number of rotatable bonds is 4. The summed E-state index contributed by atoms with van der Waals surface area (Å²) in [4.78, 5) is 26.1.